The van der Waals surface area contributed by atoms with Crippen LogP contribution < -0.4 is 0 Å². The lowest BCUT2D eigenvalue weighted by Crippen LogP contribution is -1.78. The van der Waals surface area contributed by atoms with Crippen LogP contribution in [0.1, 0.15) is 18.1 Å². The lowest BCUT2D eigenvalue weighted by molar-refractivity contribution is 1.14. The Morgan fingerprint density at radius 1 is 1.25 bits per heavy atom. The minimum Gasteiger partial charge on any atom is -0.175 e. The number of thiol groups is 1. The Labute approximate surface area is 79.7 Å². The average molecular weight is 178 g/mol. The molecule has 1 aromatic carbocycles. The maximum absolute atomic E-state index is 4.10. The molecule has 0 spiro atoms. The van der Waals surface area contributed by atoms with E-state index in [2.05, 4.69) is 49.9 Å². The first-order valence-electron chi connectivity index (χ1n) is 4.23. The van der Waals surface area contributed by atoms with Gasteiger partial charge in [0, 0.05) is 5.75 Å². The summed E-state index contributed by atoms with van der Waals surface area (Å²) in [7, 11) is 0. The molecule has 0 nitrogen and oxygen atoms in total. The molecule has 0 atom stereocenters. The molecule has 0 aromatic heterocycles. The Balaban J connectivity index is 2.71. The van der Waals surface area contributed by atoms with Crippen molar-refractivity contribution in [2.45, 2.75) is 13.3 Å². The molecule has 0 unspecified atom stereocenters. The van der Waals surface area contributed by atoms with Gasteiger partial charge in [0.2, 0.25) is 0 Å². The molecule has 0 heterocycles. The molecule has 0 amide bonds. The topological polar surface area (TPSA) is 0 Å². The van der Waals surface area contributed by atoms with E-state index in [-0.39, 0.29) is 0 Å². The van der Waals surface area contributed by atoms with E-state index >= 15 is 0 Å². The Bertz CT molecular complexity index is 246. The van der Waals surface area contributed by atoms with Crippen molar-refractivity contribution in [3.8, 4) is 0 Å². The Kier molecular flexibility index (Phi) is 3.95. The fourth-order valence-electron chi connectivity index (χ4n) is 1.05. The van der Waals surface area contributed by atoms with Crippen molar-refractivity contribution in [2.24, 2.45) is 0 Å². The highest BCUT2D eigenvalue weighted by atomic mass is 32.1. The van der Waals surface area contributed by atoms with Gasteiger partial charge in [-0.1, -0.05) is 43.3 Å². The molecule has 1 heteroatoms. The highest BCUT2D eigenvalue weighted by Crippen LogP contribution is 2.06. The van der Waals surface area contributed by atoms with Gasteiger partial charge in [0.05, 0.1) is 0 Å². The van der Waals surface area contributed by atoms with Crippen molar-refractivity contribution in [2.75, 3.05) is 5.75 Å². The third kappa shape index (κ3) is 2.74. The van der Waals surface area contributed by atoms with E-state index in [1.165, 1.54) is 11.1 Å². The van der Waals surface area contributed by atoms with Gasteiger partial charge in [-0.05, 0) is 17.5 Å². The summed E-state index contributed by atoms with van der Waals surface area (Å²) in [4.78, 5) is 0. The minimum atomic E-state index is 0.801. The zero-order chi connectivity index (χ0) is 8.81. The third-order valence-electron chi connectivity index (χ3n) is 1.80. The first-order valence-corrected chi connectivity index (χ1v) is 4.86. The van der Waals surface area contributed by atoms with Crippen LogP contribution in [0.4, 0.5) is 0 Å². The van der Waals surface area contributed by atoms with Gasteiger partial charge in [-0.25, -0.2) is 0 Å². The van der Waals surface area contributed by atoms with E-state index in [0.717, 1.165) is 12.2 Å². The van der Waals surface area contributed by atoms with Gasteiger partial charge in [0.25, 0.3) is 0 Å². The molecular formula is C11H14S. The second-order valence-electron chi connectivity index (χ2n) is 2.68. The van der Waals surface area contributed by atoms with E-state index in [1.54, 1.807) is 0 Å². The van der Waals surface area contributed by atoms with Crippen LogP contribution in [0.25, 0.3) is 6.08 Å². The maximum Gasteiger partial charge on any atom is 0.00858 e. The molecule has 1 aromatic rings. The molecule has 0 saturated carbocycles. The maximum atomic E-state index is 4.10. The van der Waals surface area contributed by atoms with Crippen LogP contribution in [0, 0.1) is 0 Å². The zero-order valence-corrected chi connectivity index (χ0v) is 8.22. The Hall–Kier alpha value is -0.690. The SMILES string of the molecule is CCc1ccc(C=CCS)cc1. The van der Waals surface area contributed by atoms with Crippen LogP contribution in [0.3, 0.4) is 0 Å². The molecule has 0 saturated heterocycles. The fraction of sp³-hybridized carbons (Fsp3) is 0.273. The Morgan fingerprint density at radius 2 is 1.92 bits per heavy atom. The van der Waals surface area contributed by atoms with Gasteiger partial charge >= 0.3 is 0 Å². The summed E-state index contributed by atoms with van der Waals surface area (Å²) in [5.41, 5.74) is 2.64. The van der Waals surface area contributed by atoms with Crippen molar-refractivity contribution >= 4 is 18.7 Å². The first-order chi connectivity index (χ1) is 5.86. The first kappa shape index (κ1) is 9.40. The van der Waals surface area contributed by atoms with E-state index in [0.29, 0.717) is 0 Å². The smallest absolute Gasteiger partial charge is 0.00858 e. The van der Waals surface area contributed by atoms with Gasteiger partial charge < -0.3 is 0 Å². The molecule has 0 aliphatic heterocycles. The predicted octanol–water partition coefficient (Wildman–Crippen LogP) is 3.19. The highest BCUT2D eigenvalue weighted by Gasteiger charge is 1.87. The normalized spacial score (nSPS) is 10.8. The number of hydrogen-bond donors (Lipinski definition) is 1. The summed E-state index contributed by atoms with van der Waals surface area (Å²) in [6.45, 7) is 2.17. The average Bonchev–Trinajstić information content (AvgIpc) is 2.15. The van der Waals surface area contributed by atoms with Crippen LogP contribution in [-0.4, -0.2) is 5.75 Å². The standard InChI is InChI=1S/C11H14S/c1-2-10-5-7-11(8-6-10)4-3-9-12/h3-8,12H,2,9H2,1H3. The molecule has 0 aliphatic carbocycles. The van der Waals surface area contributed by atoms with Crippen LogP contribution in [0.15, 0.2) is 30.3 Å². The monoisotopic (exact) mass is 178 g/mol. The molecule has 1 rings (SSSR count). The van der Waals surface area contributed by atoms with Gasteiger partial charge in [-0.3, -0.25) is 0 Å². The van der Waals surface area contributed by atoms with E-state index in [4.69, 9.17) is 0 Å². The summed E-state index contributed by atoms with van der Waals surface area (Å²) in [5, 5.41) is 0. The van der Waals surface area contributed by atoms with Crippen molar-refractivity contribution in [3.05, 3.63) is 41.5 Å². The molecule has 0 N–H and O–H groups in total. The van der Waals surface area contributed by atoms with Gasteiger partial charge in [-0.2, -0.15) is 12.6 Å². The quantitative estimate of drug-likeness (QED) is 0.675. The highest BCUT2D eigenvalue weighted by molar-refractivity contribution is 7.80. The van der Waals surface area contributed by atoms with Gasteiger partial charge in [0.1, 0.15) is 0 Å². The van der Waals surface area contributed by atoms with Crippen LogP contribution in [0.5, 0.6) is 0 Å². The van der Waals surface area contributed by atoms with E-state index in [9.17, 15) is 0 Å². The summed E-state index contributed by atoms with van der Waals surface area (Å²) >= 11 is 4.10. The Morgan fingerprint density at radius 3 is 2.42 bits per heavy atom. The molecular weight excluding hydrogens is 164 g/mol. The van der Waals surface area contributed by atoms with Crippen molar-refractivity contribution < 1.29 is 0 Å². The fourth-order valence-corrected chi connectivity index (χ4v) is 1.16. The number of aryl methyl sites for hydroxylation is 1. The van der Waals surface area contributed by atoms with Crippen molar-refractivity contribution in [1.29, 1.82) is 0 Å². The third-order valence-corrected chi connectivity index (χ3v) is 2.01. The van der Waals surface area contributed by atoms with E-state index in [1.807, 2.05) is 6.08 Å². The van der Waals surface area contributed by atoms with Gasteiger partial charge in [0.15, 0.2) is 0 Å². The summed E-state index contributed by atoms with van der Waals surface area (Å²) in [6.07, 6.45) is 5.24. The predicted molar refractivity (Wildman–Crippen MR) is 58.7 cm³/mol. The minimum absolute atomic E-state index is 0.801. The number of hydrogen-bond acceptors (Lipinski definition) is 1. The van der Waals surface area contributed by atoms with Crippen molar-refractivity contribution in [3.63, 3.8) is 0 Å². The summed E-state index contributed by atoms with van der Waals surface area (Å²) in [6, 6.07) is 8.61. The lowest BCUT2D eigenvalue weighted by Gasteiger charge is -1.96. The van der Waals surface area contributed by atoms with Gasteiger partial charge in [-0.15, -0.1) is 0 Å². The summed E-state index contributed by atoms with van der Waals surface area (Å²) in [5.74, 6) is 0.801. The van der Waals surface area contributed by atoms with Crippen LogP contribution in [0.2, 0.25) is 0 Å². The zero-order valence-electron chi connectivity index (χ0n) is 7.33. The van der Waals surface area contributed by atoms with E-state index < -0.39 is 0 Å². The van der Waals surface area contributed by atoms with Crippen molar-refractivity contribution in [1.82, 2.24) is 0 Å². The second-order valence-corrected chi connectivity index (χ2v) is 3.05. The molecule has 0 aliphatic rings. The molecule has 64 valence electrons. The summed E-state index contributed by atoms with van der Waals surface area (Å²) < 4.78 is 0. The molecule has 0 bridgehead atoms. The molecule has 0 radical (unpaired) electrons. The number of rotatable bonds is 3. The molecule has 0 fully saturated rings. The molecule has 12 heavy (non-hydrogen) atoms. The van der Waals surface area contributed by atoms with Crippen LogP contribution >= 0.6 is 12.6 Å². The second kappa shape index (κ2) is 5.04. The lowest BCUT2D eigenvalue weighted by atomic mass is 10.1. The largest absolute Gasteiger partial charge is 0.175 e. The number of benzene rings is 1. The van der Waals surface area contributed by atoms with Crippen LogP contribution in [-0.2, 0) is 6.42 Å².